The van der Waals surface area contributed by atoms with E-state index < -0.39 is 0 Å². The Balaban J connectivity index is 1.82. The Hall–Kier alpha value is -2.20. The molecule has 0 saturated carbocycles. The molecule has 0 aliphatic carbocycles. The van der Waals surface area contributed by atoms with Crippen LogP contribution >= 0.6 is 0 Å². The van der Waals surface area contributed by atoms with Gasteiger partial charge in [-0.05, 0) is 66.3 Å². The van der Waals surface area contributed by atoms with Crippen LogP contribution in [0, 0.1) is 13.8 Å². The van der Waals surface area contributed by atoms with Crippen LogP contribution in [0.4, 0.5) is 0 Å². The third-order valence-corrected chi connectivity index (χ3v) is 4.78. The number of benzene rings is 2. The van der Waals surface area contributed by atoms with Gasteiger partial charge in [0.2, 0.25) is 6.79 Å². The van der Waals surface area contributed by atoms with Gasteiger partial charge in [-0.15, -0.1) is 0 Å². The van der Waals surface area contributed by atoms with Crippen LogP contribution in [0.2, 0.25) is 0 Å². The SMILES string of the molecule is COc1cc(C)c(C2NCCc3cc4c(cc32)OCO4)cc1C. The molecule has 0 saturated heterocycles. The Kier molecular flexibility index (Phi) is 3.42. The molecule has 0 aromatic heterocycles. The fourth-order valence-electron chi connectivity index (χ4n) is 3.57. The Labute approximate surface area is 136 Å². The lowest BCUT2D eigenvalue weighted by Crippen LogP contribution is -2.31. The van der Waals surface area contributed by atoms with Gasteiger partial charge in [0, 0.05) is 6.54 Å². The number of ether oxygens (including phenoxy) is 3. The van der Waals surface area contributed by atoms with Crippen molar-refractivity contribution in [2.75, 3.05) is 20.4 Å². The minimum atomic E-state index is 0.179. The largest absolute Gasteiger partial charge is 0.496 e. The molecule has 4 heteroatoms. The summed E-state index contributed by atoms with van der Waals surface area (Å²) in [5.74, 6) is 2.65. The lowest BCUT2D eigenvalue weighted by atomic mass is 9.87. The van der Waals surface area contributed by atoms with Crippen molar-refractivity contribution in [3.8, 4) is 17.2 Å². The first-order chi connectivity index (χ1) is 11.2. The zero-order valence-corrected chi connectivity index (χ0v) is 13.7. The second-order valence-electron chi connectivity index (χ2n) is 6.22. The maximum Gasteiger partial charge on any atom is 0.231 e. The Morgan fingerprint density at radius 2 is 1.78 bits per heavy atom. The number of fused-ring (bicyclic) bond motifs is 2. The Morgan fingerprint density at radius 1 is 1.00 bits per heavy atom. The number of hydrogen-bond acceptors (Lipinski definition) is 4. The van der Waals surface area contributed by atoms with Crippen molar-refractivity contribution in [2.45, 2.75) is 26.3 Å². The summed E-state index contributed by atoms with van der Waals surface area (Å²) >= 11 is 0. The first-order valence-corrected chi connectivity index (χ1v) is 7.98. The van der Waals surface area contributed by atoms with Crippen molar-refractivity contribution in [1.29, 1.82) is 0 Å². The van der Waals surface area contributed by atoms with Crippen LogP contribution in [0.1, 0.15) is 33.9 Å². The summed E-state index contributed by atoms with van der Waals surface area (Å²) in [7, 11) is 1.72. The third kappa shape index (κ3) is 2.34. The number of rotatable bonds is 2. The molecule has 23 heavy (non-hydrogen) atoms. The molecule has 4 rings (SSSR count). The zero-order chi connectivity index (χ0) is 16.0. The van der Waals surface area contributed by atoms with Crippen LogP contribution in [0.25, 0.3) is 0 Å². The molecule has 2 heterocycles. The van der Waals surface area contributed by atoms with Crippen molar-refractivity contribution >= 4 is 0 Å². The van der Waals surface area contributed by atoms with Crippen LogP contribution in [0.3, 0.4) is 0 Å². The molecule has 1 atom stereocenters. The number of nitrogens with one attached hydrogen (secondary N) is 1. The van der Waals surface area contributed by atoms with Crippen LogP contribution in [0.15, 0.2) is 24.3 Å². The normalized spacial score (nSPS) is 18.7. The van der Waals surface area contributed by atoms with E-state index in [9.17, 15) is 0 Å². The summed E-state index contributed by atoms with van der Waals surface area (Å²) in [5.41, 5.74) is 6.31. The van der Waals surface area contributed by atoms with Crippen molar-refractivity contribution in [3.05, 3.63) is 52.1 Å². The highest BCUT2D eigenvalue weighted by Crippen LogP contribution is 2.41. The average molecular weight is 311 g/mol. The van der Waals surface area contributed by atoms with Gasteiger partial charge in [0.1, 0.15) is 5.75 Å². The monoisotopic (exact) mass is 311 g/mol. The first-order valence-electron chi connectivity index (χ1n) is 7.98. The topological polar surface area (TPSA) is 39.7 Å². The number of methoxy groups -OCH3 is 1. The van der Waals surface area contributed by atoms with Gasteiger partial charge < -0.3 is 19.5 Å². The summed E-state index contributed by atoms with van der Waals surface area (Å²) in [5, 5.41) is 3.65. The molecule has 120 valence electrons. The fourth-order valence-corrected chi connectivity index (χ4v) is 3.57. The Bertz CT molecular complexity index is 770. The predicted octanol–water partition coefficient (Wildman–Crippen LogP) is 3.28. The van der Waals surface area contributed by atoms with Gasteiger partial charge in [-0.2, -0.15) is 0 Å². The molecular weight excluding hydrogens is 290 g/mol. The number of hydrogen-bond donors (Lipinski definition) is 1. The van der Waals surface area contributed by atoms with Gasteiger partial charge in [-0.3, -0.25) is 0 Å². The summed E-state index contributed by atoms with van der Waals surface area (Å²) in [6.45, 7) is 5.50. The smallest absolute Gasteiger partial charge is 0.231 e. The molecule has 2 aromatic rings. The second-order valence-corrected chi connectivity index (χ2v) is 6.22. The standard InChI is InChI=1S/C19H21NO3/c1-11-7-16(21-3)12(2)6-14(11)19-15-9-18-17(22-10-23-18)8-13(15)4-5-20-19/h6-9,19-20H,4-5,10H2,1-3H3. The molecule has 0 fully saturated rings. The Morgan fingerprint density at radius 3 is 2.57 bits per heavy atom. The van der Waals surface area contributed by atoms with Crippen molar-refractivity contribution in [3.63, 3.8) is 0 Å². The lowest BCUT2D eigenvalue weighted by molar-refractivity contribution is 0.174. The summed E-state index contributed by atoms with van der Waals surface area (Å²) in [6.07, 6.45) is 1.01. The molecule has 0 radical (unpaired) electrons. The first kappa shape index (κ1) is 14.4. The molecule has 1 N–H and O–H groups in total. The quantitative estimate of drug-likeness (QED) is 0.924. The average Bonchev–Trinajstić information content (AvgIpc) is 3.01. The van der Waals surface area contributed by atoms with E-state index in [1.54, 1.807) is 7.11 Å². The van der Waals surface area contributed by atoms with Crippen molar-refractivity contribution in [1.82, 2.24) is 5.32 Å². The molecule has 0 bridgehead atoms. The van der Waals surface area contributed by atoms with Crippen molar-refractivity contribution in [2.24, 2.45) is 0 Å². The van der Waals surface area contributed by atoms with Crippen LogP contribution < -0.4 is 19.5 Å². The molecule has 0 spiro atoms. The molecular formula is C19H21NO3. The maximum absolute atomic E-state index is 5.57. The maximum atomic E-state index is 5.57. The highest BCUT2D eigenvalue weighted by Gasteiger charge is 2.27. The molecule has 2 aliphatic heterocycles. The van der Waals surface area contributed by atoms with Crippen LogP contribution in [-0.2, 0) is 6.42 Å². The van der Waals surface area contributed by atoms with Crippen LogP contribution in [-0.4, -0.2) is 20.4 Å². The minimum absolute atomic E-state index is 0.179. The minimum Gasteiger partial charge on any atom is -0.496 e. The molecule has 4 nitrogen and oxygen atoms in total. The zero-order valence-electron chi connectivity index (χ0n) is 13.7. The van der Waals surface area contributed by atoms with Gasteiger partial charge in [-0.25, -0.2) is 0 Å². The summed E-state index contributed by atoms with van der Waals surface area (Å²) < 4.78 is 16.5. The van der Waals surface area contributed by atoms with Crippen molar-refractivity contribution < 1.29 is 14.2 Å². The van der Waals surface area contributed by atoms with Gasteiger partial charge in [0.25, 0.3) is 0 Å². The number of aryl methyl sites for hydroxylation is 2. The third-order valence-electron chi connectivity index (χ3n) is 4.78. The van der Waals surface area contributed by atoms with Gasteiger partial charge >= 0.3 is 0 Å². The highest BCUT2D eigenvalue weighted by atomic mass is 16.7. The second kappa shape index (κ2) is 5.46. The summed E-state index contributed by atoms with van der Waals surface area (Å²) in [4.78, 5) is 0. The van der Waals surface area contributed by atoms with E-state index in [0.29, 0.717) is 6.79 Å². The lowest BCUT2D eigenvalue weighted by Gasteiger charge is -2.29. The summed E-state index contributed by atoms with van der Waals surface area (Å²) in [6, 6.07) is 8.79. The van der Waals surface area contributed by atoms with Crippen LogP contribution in [0.5, 0.6) is 17.2 Å². The van der Waals surface area contributed by atoms with Gasteiger partial charge in [0.15, 0.2) is 11.5 Å². The molecule has 1 unspecified atom stereocenters. The van der Waals surface area contributed by atoms with E-state index in [-0.39, 0.29) is 6.04 Å². The predicted molar refractivity (Wildman–Crippen MR) is 88.6 cm³/mol. The van der Waals surface area contributed by atoms with Gasteiger partial charge in [0.05, 0.1) is 13.2 Å². The van der Waals surface area contributed by atoms with E-state index in [1.807, 2.05) is 0 Å². The highest BCUT2D eigenvalue weighted by molar-refractivity contribution is 5.54. The van der Waals surface area contributed by atoms with E-state index >= 15 is 0 Å². The molecule has 2 aliphatic rings. The van der Waals surface area contributed by atoms with E-state index in [4.69, 9.17) is 14.2 Å². The van der Waals surface area contributed by atoms with E-state index in [2.05, 4.69) is 43.4 Å². The fraction of sp³-hybridized carbons (Fsp3) is 0.368. The van der Waals surface area contributed by atoms with E-state index in [0.717, 1.165) is 35.8 Å². The molecule has 0 amide bonds. The van der Waals surface area contributed by atoms with Gasteiger partial charge in [-0.1, -0.05) is 6.07 Å². The van der Waals surface area contributed by atoms with E-state index in [1.165, 1.54) is 22.3 Å². The molecule has 2 aromatic carbocycles.